The van der Waals surface area contributed by atoms with Crippen molar-refractivity contribution >= 4 is 22.6 Å². The average molecular weight is 708 g/mol. The molecule has 0 fully saturated rings. The molecule has 0 unspecified atom stereocenters. The zero-order valence-electron chi connectivity index (χ0n) is 32.1. The van der Waals surface area contributed by atoms with Crippen molar-refractivity contribution in [3.8, 4) is 44.5 Å². The van der Waals surface area contributed by atoms with Crippen LogP contribution in [0.15, 0.2) is 182 Å². The third kappa shape index (κ3) is 5.29. The van der Waals surface area contributed by atoms with E-state index >= 15 is 0 Å². The molecule has 0 saturated heterocycles. The predicted molar refractivity (Wildman–Crippen MR) is 233 cm³/mol. The Morgan fingerprint density at radius 3 is 1.85 bits per heavy atom. The van der Waals surface area contributed by atoms with E-state index in [4.69, 9.17) is 0 Å². The van der Waals surface area contributed by atoms with Gasteiger partial charge in [-0.2, -0.15) is 0 Å². The molecule has 1 nitrogen and oxygen atoms in total. The lowest BCUT2D eigenvalue weighted by Gasteiger charge is -2.30. The molecule has 0 atom stereocenters. The van der Waals surface area contributed by atoms with Gasteiger partial charge in [-0.3, -0.25) is 0 Å². The Balaban J connectivity index is 1.18. The van der Waals surface area contributed by atoms with Crippen LogP contribution in [0.25, 0.3) is 50.1 Å². The second kappa shape index (κ2) is 12.7. The summed E-state index contributed by atoms with van der Waals surface area (Å²) in [6, 6.07) is 60.9. The second-order valence-corrected chi connectivity index (χ2v) is 16.4. The first-order valence-electron chi connectivity index (χ1n) is 19.7. The van der Waals surface area contributed by atoms with Gasteiger partial charge in [-0.15, -0.1) is 0 Å². The van der Waals surface area contributed by atoms with Gasteiger partial charge in [0.25, 0.3) is 0 Å². The molecule has 0 aromatic heterocycles. The summed E-state index contributed by atoms with van der Waals surface area (Å²) in [6.07, 6.45) is 6.95. The van der Waals surface area contributed by atoms with Gasteiger partial charge in [-0.05, 0) is 128 Å². The van der Waals surface area contributed by atoms with Crippen LogP contribution in [0, 0.1) is 0 Å². The maximum Gasteiger partial charge on any atom is 0.0540 e. The van der Waals surface area contributed by atoms with E-state index in [2.05, 4.69) is 209 Å². The molecule has 7 aromatic carbocycles. The summed E-state index contributed by atoms with van der Waals surface area (Å²) in [5.41, 5.74) is 22.0. The minimum atomic E-state index is -0.110. The van der Waals surface area contributed by atoms with Crippen LogP contribution in [0.5, 0.6) is 0 Å². The highest BCUT2D eigenvalue weighted by Gasteiger charge is 2.39. The number of hydrogen-bond acceptors (Lipinski definition) is 1. The second-order valence-electron chi connectivity index (χ2n) is 16.4. The van der Waals surface area contributed by atoms with Crippen LogP contribution >= 0.6 is 0 Å². The highest BCUT2D eigenvalue weighted by atomic mass is 15.1. The van der Waals surface area contributed by atoms with Gasteiger partial charge < -0.3 is 4.90 Å². The molecule has 0 bridgehead atoms. The number of allylic oxidation sites excluding steroid dienone is 4. The molecule has 3 aliphatic rings. The lowest BCUT2D eigenvalue weighted by atomic mass is 9.78. The molecular weight excluding hydrogens is 663 g/mol. The smallest absolute Gasteiger partial charge is 0.0540 e. The fourth-order valence-electron chi connectivity index (χ4n) is 9.85. The molecule has 0 heterocycles. The Kier molecular flexibility index (Phi) is 7.72. The Morgan fingerprint density at radius 2 is 1.07 bits per heavy atom. The first-order valence-corrected chi connectivity index (χ1v) is 19.7. The first-order chi connectivity index (χ1) is 26.8. The molecule has 0 N–H and O–H groups in total. The van der Waals surface area contributed by atoms with Crippen LogP contribution in [0.3, 0.4) is 0 Å². The lowest BCUT2D eigenvalue weighted by molar-refractivity contribution is 0.651. The average Bonchev–Trinajstić information content (AvgIpc) is 3.61. The number of fused-ring (bicyclic) bond motifs is 5. The fraction of sp³-hybridized carbons (Fsp3) is 0.148. The first kappa shape index (κ1) is 33.4. The van der Waals surface area contributed by atoms with Gasteiger partial charge in [0.15, 0.2) is 0 Å². The Bertz CT molecular complexity index is 2690. The molecule has 266 valence electrons. The van der Waals surface area contributed by atoms with Gasteiger partial charge in [-0.25, -0.2) is 0 Å². The van der Waals surface area contributed by atoms with E-state index in [1.54, 1.807) is 0 Å². The number of benzene rings is 7. The minimum Gasteiger partial charge on any atom is -0.310 e. The van der Waals surface area contributed by atoms with Crippen molar-refractivity contribution in [2.45, 2.75) is 51.4 Å². The molecule has 0 spiro atoms. The van der Waals surface area contributed by atoms with Gasteiger partial charge in [0, 0.05) is 27.8 Å². The van der Waals surface area contributed by atoms with E-state index in [-0.39, 0.29) is 10.8 Å². The fourth-order valence-corrected chi connectivity index (χ4v) is 9.85. The highest BCUT2D eigenvalue weighted by Crippen LogP contribution is 2.55. The van der Waals surface area contributed by atoms with Gasteiger partial charge in [0.2, 0.25) is 0 Å². The van der Waals surface area contributed by atoms with Crippen LogP contribution in [0.4, 0.5) is 17.1 Å². The SMILES string of the molecule is CC1(C)C2=C(CCC=C2)c2ccc(N(c3cccc(-c4cc(-c5ccccc5)c5c(c4)-c4ccccc4C5(C)C)c3)c3ccccc3-c3ccccc3)cc21. The Morgan fingerprint density at radius 1 is 0.436 bits per heavy atom. The summed E-state index contributed by atoms with van der Waals surface area (Å²) in [5, 5.41) is 0. The summed E-state index contributed by atoms with van der Waals surface area (Å²) in [4.78, 5) is 2.49. The minimum absolute atomic E-state index is 0.0631. The summed E-state index contributed by atoms with van der Waals surface area (Å²) in [5.74, 6) is 0. The zero-order valence-corrected chi connectivity index (χ0v) is 32.1. The highest BCUT2D eigenvalue weighted by molar-refractivity contribution is 5.94. The number of nitrogens with zero attached hydrogens (tertiary/aromatic N) is 1. The van der Waals surface area contributed by atoms with Crippen molar-refractivity contribution in [2.24, 2.45) is 0 Å². The van der Waals surface area contributed by atoms with E-state index in [0.29, 0.717) is 0 Å². The Labute approximate surface area is 326 Å². The quantitative estimate of drug-likeness (QED) is 0.166. The molecule has 0 aliphatic heterocycles. The normalized spacial score (nSPS) is 15.6. The maximum absolute atomic E-state index is 2.49. The van der Waals surface area contributed by atoms with E-state index in [9.17, 15) is 0 Å². The van der Waals surface area contributed by atoms with Crippen LogP contribution in [0.2, 0.25) is 0 Å². The third-order valence-corrected chi connectivity index (χ3v) is 12.5. The van der Waals surface area contributed by atoms with E-state index in [0.717, 1.165) is 24.2 Å². The number of rotatable bonds is 6. The summed E-state index contributed by atoms with van der Waals surface area (Å²) in [6.45, 7) is 9.56. The van der Waals surface area contributed by atoms with Gasteiger partial charge in [0.1, 0.15) is 0 Å². The number of para-hydroxylation sites is 1. The number of hydrogen-bond donors (Lipinski definition) is 0. The van der Waals surface area contributed by atoms with E-state index in [1.807, 2.05) is 0 Å². The zero-order chi connectivity index (χ0) is 37.3. The molecule has 1 heteroatoms. The van der Waals surface area contributed by atoms with Crippen LogP contribution in [0.1, 0.15) is 62.8 Å². The topological polar surface area (TPSA) is 3.24 Å². The van der Waals surface area contributed by atoms with Crippen molar-refractivity contribution in [3.63, 3.8) is 0 Å². The molecular formula is C54H45N. The van der Waals surface area contributed by atoms with Crippen LogP contribution < -0.4 is 4.90 Å². The molecule has 55 heavy (non-hydrogen) atoms. The van der Waals surface area contributed by atoms with Crippen molar-refractivity contribution in [3.05, 3.63) is 204 Å². The van der Waals surface area contributed by atoms with Crippen molar-refractivity contribution in [1.82, 2.24) is 0 Å². The molecule has 3 aliphatic carbocycles. The largest absolute Gasteiger partial charge is 0.310 e. The van der Waals surface area contributed by atoms with Gasteiger partial charge in [0.05, 0.1) is 5.69 Å². The number of anilines is 3. The van der Waals surface area contributed by atoms with Gasteiger partial charge >= 0.3 is 0 Å². The van der Waals surface area contributed by atoms with Crippen molar-refractivity contribution < 1.29 is 0 Å². The summed E-state index contributed by atoms with van der Waals surface area (Å²) >= 11 is 0. The Hall–Kier alpha value is -6.18. The third-order valence-electron chi connectivity index (χ3n) is 12.5. The van der Waals surface area contributed by atoms with E-state index in [1.165, 1.54) is 83.6 Å². The summed E-state index contributed by atoms with van der Waals surface area (Å²) < 4.78 is 0. The predicted octanol–water partition coefficient (Wildman–Crippen LogP) is 14.9. The van der Waals surface area contributed by atoms with Crippen molar-refractivity contribution in [1.29, 1.82) is 0 Å². The monoisotopic (exact) mass is 707 g/mol. The molecule has 0 radical (unpaired) electrons. The lowest BCUT2D eigenvalue weighted by Crippen LogP contribution is -2.18. The molecule has 0 saturated carbocycles. The summed E-state index contributed by atoms with van der Waals surface area (Å²) in [7, 11) is 0. The van der Waals surface area contributed by atoms with E-state index < -0.39 is 0 Å². The van der Waals surface area contributed by atoms with Gasteiger partial charge in [-0.1, -0.05) is 161 Å². The molecule has 7 aromatic rings. The van der Waals surface area contributed by atoms with Crippen molar-refractivity contribution in [2.75, 3.05) is 4.90 Å². The van der Waals surface area contributed by atoms with Crippen LogP contribution in [-0.2, 0) is 10.8 Å². The maximum atomic E-state index is 2.49. The molecule has 10 rings (SSSR count). The van der Waals surface area contributed by atoms with Crippen LogP contribution in [-0.4, -0.2) is 0 Å². The molecule has 0 amide bonds. The standard InChI is InChI=1S/C54H45N/c1-53(2)48-27-14-11-25-43(48)45-31-30-41(35-50(45)53)55(51-29-16-13-24-42(51)36-18-7-5-8-19-36)40-23-17-22-38(32-40)39-33-46(37-20-9-6-10-21-37)52-47(34-39)44-26-12-15-28-49(44)54(52,3)4/h5-10,12-24,26-35H,11,25H2,1-4H3.